The highest BCUT2D eigenvalue weighted by molar-refractivity contribution is 5.96. The molecule has 0 aliphatic heterocycles. The minimum Gasteiger partial charge on any atom is -0.406 e. The van der Waals surface area contributed by atoms with Gasteiger partial charge in [0.1, 0.15) is 5.75 Å². The topological polar surface area (TPSA) is 58.6 Å². The first-order valence-corrected chi connectivity index (χ1v) is 6.80. The number of ether oxygens (including phenoxy) is 1. The number of likely N-dealkylation sites (N-methyl/N-ethyl adjacent to an activating group) is 1. The van der Waals surface area contributed by atoms with Crippen molar-refractivity contribution in [3.05, 3.63) is 29.8 Å². The molecule has 0 spiro atoms. The van der Waals surface area contributed by atoms with E-state index >= 15 is 0 Å². The number of alkyl halides is 3. The maximum absolute atomic E-state index is 12.1. The third kappa shape index (κ3) is 7.03. The molecule has 1 rings (SSSR count). The third-order valence-corrected chi connectivity index (χ3v) is 2.58. The largest absolute Gasteiger partial charge is 0.573 e. The van der Waals surface area contributed by atoms with Gasteiger partial charge in [-0.1, -0.05) is 0 Å². The number of nitrogens with zero attached hydrogens (tertiary/aromatic N) is 1. The molecule has 5 nitrogen and oxygen atoms in total. The second-order valence-electron chi connectivity index (χ2n) is 6.03. The Labute approximate surface area is 132 Å². The Kier molecular flexibility index (Phi) is 5.63. The number of nitrogens with one attached hydrogen (secondary N) is 1. The van der Waals surface area contributed by atoms with Crippen LogP contribution in [0.3, 0.4) is 0 Å². The van der Waals surface area contributed by atoms with Crippen LogP contribution in [-0.4, -0.2) is 42.2 Å². The number of hydrogen-bond donors (Lipinski definition) is 1. The van der Waals surface area contributed by atoms with Gasteiger partial charge in [-0.3, -0.25) is 9.59 Å². The predicted molar refractivity (Wildman–Crippen MR) is 78.0 cm³/mol. The number of benzene rings is 1. The van der Waals surface area contributed by atoms with Gasteiger partial charge in [-0.2, -0.15) is 0 Å². The van der Waals surface area contributed by atoms with Gasteiger partial charge in [-0.25, -0.2) is 0 Å². The molecule has 0 bridgehead atoms. The Hall–Kier alpha value is -2.25. The van der Waals surface area contributed by atoms with Crippen LogP contribution in [0.1, 0.15) is 31.1 Å². The molecule has 0 atom stereocenters. The van der Waals surface area contributed by atoms with E-state index in [0.717, 1.165) is 12.1 Å². The summed E-state index contributed by atoms with van der Waals surface area (Å²) < 4.78 is 39.9. The SMILES string of the molecule is CN(CC(=O)NC(C)(C)C)C(=O)c1ccc(OC(F)(F)F)cc1. The Bertz CT molecular complexity index is 563. The summed E-state index contributed by atoms with van der Waals surface area (Å²) in [7, 11) is 1.44. The molecule has 0 saturated heterocycles. The molecule has 0 heterocycles. The number of carbonyl (C=O) groups is 2. The molecule has 128 valence electrons. The zero-order valence-corrected chi connectivity index (χ0v) is 13.3. The zero-order chi connectivity index (χ0) is 17.8. The van der Waals surface area contributed by atoms with Gasteiger partial charge >= 0.3 is 6.36 Å². The molecule has 1 N–H and O–H groups in total. The zero-order valence-electron chi connectivity index (χ0n) is 13.3. The summed E-state index contributed by atoms with van der Waals surface area (Å²) in [5, 5.41) is 2.71. The van der Waals surface area contributed by atoms with Gasteiger partial charge in [-0.15, -0.1) is 13.2 Å². The summed E-state index contributed by atoms with van der Waals surface area (Å²) in [6.07, 6.45) is -4.78. The molecule has 0 unspecified atom stereocenters. The van der Waals surface area contributed by atoms with Crippen molar-refractivity contribution >= 4 is 11.8 Å². The molecular weight excluding hydrogens is 313 g/mol. The van der Waals surface area contributed by atoms with Gasteiger partial charge in [-0.05, 0) is 45.0 Å². The van der Waals surface area contributed by atoms with Gasteiger partial charge in [0.2, 0.25) is 5.91 Å². The number of rotatable bonds is 4. The van der Waals surface area contributed by atoms with E-state index in [1.807, 2.05) is 20.8 Å². The van der Waals surface area contributed by atoms with Crippen molar-refractivity contribution < 1.29 is 27.5 Å². The van der Waals surface area contributed by atoms with Crippen LogP contribution in [0.5, 0.6) is 5.75 Å². The lowest BCUT2D eigenvalue weighted by atomic mass is 10.1. The number of amides is 2. The summed E-state index contributed by atoms with van der Waals surface area (Å²) in [6, 6.07) is 4.51. The Morgan fingerprint density at radius 2 is 1.65 bits per heavy atom. The van der Waals surface area contributed by atoms with Crippen LogP contribution < -0.4 is 10.1 Å². The molecule has 0 saturated carbocycles. The van der Waals surface area contributed by atoms with Crippen molar-refractivity contribution in [2.45, 2.75) is 32.7 Å². The fourth-order valence-electron chi connectivity index (χ4n) is 1.76. The molecular formula is C15H19F3N2O3. The lowest BCUT2D eigenvalue weighted by Gasteiger charge is -2.23. The van der Waals surface area contributed by atoms with E-state index in [-0.39, 0.29) is 18.0 Å². The number of halogens is 3. The molecule has 0 radical (unpaired) electrons. The highest BCUT2D eigenvalue weighted by Crippen LogP contribution is 2.22. The Morgan fingerprint density at radius 3 is 2.09 bits per heavy atom. The quantitative estimate of drug-likeness (QED) is 0.922. The molecule has 1 aromatic carbocycles. The van der Waals surface area contributed by atoms with E-state index in [1.54, 1.807) is 0 Å². The van der Waals surface area contributed by atoms with Crippen LogP contribution in [0.4, 0.5) is 13.2 Å². The highest BCUT2D eigenvalue weighted by atomic mass is 19.4. The predicted octanol–water partition coefficient (Wildman–Crippen LogP) is 2.57. The standard InChI is InChI=1S/C15H19F3N2O3/c1-14(2,3)19-12(21)9-20(4)13(22)10-5-7-11(8-6-10)23-15(16,17)18/h5-8H,9H2,1-4H3,(H,19,21). The second-order valence-corrected chi connectivity index (χ2v) is 6.03. The fourth-order valence-corrected chi connectivity index (χ4v) is 1.76. The monoisotopic (exact) mass is 332 g/mol. The summed E-state index contributed by atoms with van der Waals surface area (Å²) >= 11 is 0. The molecule has 0 aliphatic carbocycles. The summed E-state index contributed by atoms with van der Waals surface area (Å²) in [4.78, 5) is 25.1. The smallest absolute Gasteiger partial charge is 0.406 e. The van der Waals surface area contributed by atoms with Crippen LogP contribution in [0.25, 0.3) is 0 Å². The van der Waals surface area contributed by atoms with Crippen molar-refractivity contribution in [1.82, 2.24) is 10.2 Å². The van der Waals surface area contributed by atoms with Gasteiger partial charge in [0.25, 0.3) is 5.91 Å². The van der Waals surface area contributed by atoms with E-state index in [9.17, 15) is 22.8 Å². The average molecular weight is 332 g/mol. The van der Waals surface area contributed by atoms with Gasteiger partial charge in [0.05, 0.1) is 6.54 Å². The van der Waals surface area contributed by atoms with E-state index in [0.29, 0.717) is 0 Å². The van der Waals surface area contributed by atoms with Gasteiger partial charge < -0.3 is 15.0 Å². The van der Waals surface area contributed by atoms with Crippen LogP contribution in [0.2, 0.25) is 0 Å². The minimum atomic E-state index is -4.78. The Morgan fingerprint density at radius 1 is 1.13 bits per heavy atom. The first-order chi connectivity index (χ1) is 10.4. The minimum absolute atomic E-state index is 0.156. The second kappa shape index (κ2) is 6.89. The van der Waals surface area contributed by atoms with Crippen LogP contribution in [0, 0.1) is 0 Å². The van der Waals surface area contributed by atoms with Crippen molar-refractivity contribution in [3.63, 3.8) is 0 Å². The molecule has 0 fully saturated rings. The number of carbonyl (C=O) groups excluding carboxylic acids is 2. The lowest BCUT2D eigenvalue weighted by molar-refractivity contribution is -0.274. The van der Waals surface area contributed by atoms with E-state index in [1.165, 1.54) is 24.1 Å². The average Bonchev–Trinajstić information content (AvgIpc) is 2.34. The van der Waals surface area contributed by atoms with E-state index < -0.39 is 23.6 Å². The van der Waals surface area contributed by atoms with Crippen molar-refractivity contribution in [2.75, 3.05) is 13.6 Å². The van der Waals surface area contributed by atoms with Crippen LogP contribution in [-0.2, 0) is 4.79 Å². The van der Waals surface area contributed by atoms with Gasteiger partial charge in [0, 0.05) is 18.2 Å². The highest BCUT2D eigenvalue weighted by Gasteiger charge is 2.31. The molecule has 2 amide bonds. The maximum atomic E-state index is 12.1. The molecule has 23 heavy (non-hydrogen) atoms. The van der Waals surface area contributed by atoms with Crippen LogP contribution in [0.15, 0.2) is 24.3 Å². The maximum Gasteiger partial charge on any atom is 0.573 e. The summed E-state index contributed by atoms with van der Waals surface area (Å²) in [6.45, 7) is 5.28. The third-order valence-electron chi connectivity index (χ3n) is 2.58. The van der Waals surface area contributed by atoms with Crippen molar-refractivity contribution in [1.29, 1.82) is 0 Å². The molecule has 1 aromatic rings. The van der Waals surface area contributed by atoms with Crippen LogP contribution >= 0.6 is 0 Å². The summed E-state index contributed by atoms with van der Waals surface area (Å²) in [5.41, 5.74) is -0.261. The molecule has 8 heteroatoms. The first kappa shape index (κ1) is 18.8. The van der Waals surface area contributed by atoms with E-state index in [4.69, 9.17) is 0 Å². The lowest BCUT2D eigenvalue weighted by Crippen LogP contribution is -2.46. The normalized spacial score (nSPS) is 11.8. The fraction of sp³-hybridized carbons (Fsp3) is 0.467. The van der Waals surface area contributed by atoms with Crippen molar-refractivity contribution in [2.24, 2.45) is 0 Å². The summed E-state index contributed by atoms with van der Waals surface area (Å²) in [5.74, 6) is -1.22. The molecule has 0 aliphatic rings. The number of hydrogen-bond acceptors (Lipinski definition) is 3. The molecule has 0 aromatic heterocycles. The Balaban J connectivity index is 2.68. The van der Waals surface area contributed by atoms with Gasteiger partial charge in [0.15, 0.2) is 0 Å². The van der Waals surface area contributed by atoms with Crippen molar-refractivity contribution in [3.8, 4) is 5.75 Å². The van der Waals surface area contributed by atoms with E-state index in [2.05, 4.69) is 10.1 Å². The first-order valence-electron chi connectivity index (χ1n) is 6.80.